The van der Waals surface area contributed by atoms with Crippen LogP contribution >= 0.6 is 0 Å². The molecule has 1 fully saturated rings. The highest BCUT2D eigenvalue weighted by Gasteiger charge is 2.29. The zero-order valence-electron chi connectivity index (χ0n) is 14.3. The quantitative estimate of drug-likeness (QED) is 0.840. The van der Waals surface area contributed by atoms with E-state index in [0.717, 1.165) is 18.5 Å². The van der Waals surface area contributed by atoms with Crippen molar-refractivity contribution in [2.45, 2.75) is 52.6 Å². The van der Waals surface area contributed by atoms with E-state index >= 15 is 0 Å². The van der Waals surface area contributed by atoms with Gasteiger partial charge in [-0.25, -0.2) is 0 Å². The Kier molecular flexibility index (Phi) is 5.64. The van der Waals surface area contributed by atoms with E-state index < -0.39 is 0 Å². The van der Waals surface area contributed by atoms with Crippen molar-refractivity contribution in [1.82, 2.24) is 4.90 Å². The number of nitrogens with one attached hydrogen (secondary N) is 1. The summed E-state index contributed by atoms with van der Waals surface area (Å²) in [5, 5.41) is 2.87. The van der Waals surface area contributed by atoms with Crippen LogP contribution in [0, 0.1) is 5.92 Å². The van der Waals surface area contributed by atoms with Gasteiger partial charge in [0, 0.05) is 23.7 Å². The molecule has 5 heteroatoms. The molecule has 126 valence electrons. The van der Waals surface area contributed by atoms with Crippen LogP contribution in [0.4, 0.5) is 5.69 Å². The molecule has 0 atom stereocenters. The normalized spacial score (nSPS) is 14.0. The van der Waals surface area contributed by atoms with E-state index in [0.29, 0.717) is 5.75 Å². The third kappa shape index (κ3) is 4.98. The third-order valence-electron chi connectivity index (χ3n) is 3.83. The largest absolute Gasteiger partial charge is 0.484 e. The lowest BCUT2D eigenvalue weighted by atomic mass is 10.2. The van der Waals surface area contributed by atoms with Crippen LogP contribution in [0.1, 0.15) is 40.5 Å². The van der Waals surface area contributed by atoms with Crippen molar-refractivity contribution in [3.05, 3.63) is 24.3 Å². The fourth-order valence-corrected chi connectivity index (χ4v) is 2.62. The summed E-state index contributed by atoms with van der Waals surface area (Å²) in [6.45, 7) is 8.00. The number of carbonyl (C=O) groups is 2. The number of amides is 2. The van der Waals surface area contributed by atoms with Gasteiger partial charge in [-0.15, -0.1) is 0 Å². The lowest BCUT2D eigenvalue weighted by molar-refractivity contribution is -0.137. The predicted molar refractivity (Wildman–Crippen MR) is 90.4 cm³/mol. The molecule has 0 aromatic heterocycles. The van der Waals surface area contributed by atoms with Crippen molar-refractivity contribution in [2.75, 3.05) is 11.9 Å². The Balaban J connectivity index is 1.85. The molecule has 1 aliphatic rings. The Morgan fingerprint density at radius 1 is 1.13 bits per heavy atom. The second kappa shape index (κ2) is 7.49. The fraction of sp³-hybridized carbons (Fsp3) is 0.556. The number of nitrogens with zero attached hydrogens (tertiary/aromatic N) is 1. The van der Waals surface area contributed by atoms with Crippen LogP contribution in [0.2, 0.25) is 0 Å². The number of carbonyl (C=O) groups excluding carboxylic acids is 2. The van der Waals surface area contributed by atoms with Crippen LogP contribution in [0.25, 0.3) is 0 Å². The van der Waals surface area contributed by atoms with Gasteiger partial charge in [-0.05, 0) is 64.8 Å². The van der Waals surface area contributed by atoms with Crippen molar-refractivity contribution in [1.29, 1.82) is 0 Å². The molecule has 1 N–H and O–H groups in total. The maximum atomic E-state index is 12.2. The van der Waals surface area contributed by atoms with Gasteiger partial charge >= 0.3 is 0 Å². The average Bonchev–Trinajstić information content (AvgIpc) is 3.30. The summed E-state index contributed by atoms with van der Waals surface area (Å²) in [6, 6.07) is 7.42. The van der Waals surface area contributed by atoms with Crippen LogP contribution < -0.4 is 10.1 Å². The molecule has 23 heavy (non-hydrogen) atoms. The topological polar surface area (TPSA) is 58.6 Å². The summed E-state index contributed by atoms with van der Waals surface area (Å²) in [7, 11) is 0. The Morgan fingerprint density at radius 3 is 2.17 bits per heavy atom. The van der Waals surface area contributed by atoms with Gasteiger partial charge in [0.15, 0.2) is 6.61 Å². The highest BCUT2D eigenvalue weighted by Crippen LogP contribution is 2.30. The van der Waals surface area contributed by atoms with Crippen molar-refractivity contribution in [3.63, 3.8) is 0 Å². The number of hydrogen-bond acceptors (Lipinski definition) is 3. The van der Waals surface area contributed by atoms with Gasteiger partial charge in [0.2, 0.25) is 5.91 Å². The second-order valence-electron chi connectivity index (χ2n) is 6.57. The van der Waals surface area contributed by atoms with Crippen molar-refractivity contribution in [2.24, 2.45) is 5.92 Å². The van der Waals surface area contributed by atoms with Crippen molar-refractivity contribution >= 4 is 17.5 Å². The SMILES string of the molecule is CC(C)N(C(=O)COc1ccc(NC(=O)C2CC2)cc1)C(C)C. The van der Waals surface area contributed by atoms with Crippen LogP contribution in [0.3, 0.4) is 0 Å². The zero-order chi connectivity index (χ0) is 17.0. The highest BCUT2D eigenvalue weighted by molar-refractivity contribution is 5.94. The minimum absolute atomic E-state index is 0.0180. The van der Waals surface area contributed by atoms with Crippen molar-refractivity contribution in [3.8, 4) is 5.75 Å². The zero-order valence-corrected chi connectivity index (χ0v) is 14.3. The van der Waals surface area contributed by atoms with E-state index in [1.165, 1.54) is 0 Å². The van der Waals surface area contributed by atoms with E-state index in [9.17, 15) is 9.59 Å². The van der Waals surface area contributed by atoms with Gasteiger partial charge in [0.05, 0.1) is 0 Å². The molecule has 0 saturated heterocycles. The van der Waals surface area contributed by atoms with Crippen LogP contribution in [-0.4, -0.2) is 35.4 Å². The molecular weight excluding hydrogens is 292 g/mol. The summed E-state index contributed by atoms with van der Waals surface area (Å²) >= 11 is 0. The summed E-state index contributed by atoms with van der Waals surface area (Å²) in [4.78, 5) is 25.7. The summed E-state index contributed by atoms with van der Waals surface area (Å²) in [5.74, 6) is 0.858. The first-order valence-electron chi connectivity index (χ1n) is 8.23. The molecule has 0 heterocycles. The number of rotatable bonds is 7. The summed E-state index contributed by atoms with van der Waals surface area (Å²) in [6.07, 6.45) is 1.97. The smallest absolute Gasteiger partial charge is 0.260 e. The molecule has 1 aromatic carbocycles. The second-order valence-corrected chi connectivity index (χ2v) is 6.57. The van der Waals surface area contributed by atoms with E-state index in [1.54, 1.807) is 24.3 Å². The number of anilines is 1. The third-order valence-corrected chi connectivity index (χ3v) is 3.83. The fourth-order valence-electron chi connectivity index (χ4n) is 2.62. The molecule has 1 aliphatic carbocycles. The van der Waals surface area contributed by atoms with Crippen molar-refractivity contribution < 1.29 is 14.3 Å². The van der Waals surface area contributed by atoms with Gasteiger partial charge in [0.25, 0.3) is 5.91 Å². The molecule has 1 saturated carbocycles. The maximum absolute atomic E-state index is 12.2. The molecule has 0 aliphatic heterocycles. The van der Waals surface area contributed by atoms with E-state index in [4.69, 9.17) is 4.74 Å². The molecule has 2 rings (SSSR count). The molecule has 1 aromatic rings. The lowest BCUT2D eigenvalue weighted by Gasteiger charge is -2.30. The molecule has 0 spiro atoms. The van der Waals surface area contributed by atoms with Crippen LogP contribution in [0.15, 0.2) is 24.3 Å². The highest BCUT2D eigenvalue weighted by atomic mass is 16.5. The van der Waals surface area contributed by atoms with E-state index in [-0.39, 0.29) is 36.4 Å². The Labute approximate surface area is 138 Å². The first-order chi connectivity index (χ1) is 10.9. The Hall–Kier alpha value is -2.04. The first-order valence-corrected chi connectivity index (χ1v) is 8.23. The Morgan fingerprint density at radius 2 is 1.70 bits per heavy atom. The molecule has 0 radical (unpaired) electrons. The summed E-state index contributed by atoms with van der Waals surface area (Å²) < 4.78 is 5.56. The maximum Gasteiger partial charge on any atom is 0.260 e. The van der Waals surface area contributed by atoms with Gasteiger partial charge in [-0.2, -0.15) is 0 Å². The number of ether oxygens (including phenoxy) is 1. The van der Waals surface area contributed by atoms with Crippen LogP contribution in [0.5, 0.6) is 5.75 Å². The number of benzene rings is 1. The molecule has 0 unspecified atom stereocenters. The monoisotopic (exact) mass is 318 g/mol. The lowest BCUT2D eigenvalue weighted by Crippen LogP contribution is -2.44. The number of hydrogen-bond donors (Lipinski definition) is 1. The van der Waals surface area contributed by atoms with Gasteiger partial charge < -0.3 is 15.0 Å². The molecular formula is C18H26N2O3. The first kappa shape index (κ1) is 17.3. The molecule has 0 bridgehead atoms. The average molecular weight is 318 g/mol. The molecule has 5 nitrogen and oxygen atoms in total. The van der Waals surface area contributed by atoms with Gasteiger partial charge in [0.1, 0.15) is 5.75 Å². The minimum Gasteiger partial charge on any atom is -0.484 e. The van der Waals surface area contributed by atoms with E-state index in [2.05, 4.69) is 5.32 Å². The van der Waals surface area contributed by atoms with E-state index in [1.807, 2.05) is 32.6 Å². The van der Waals surface area contributed by atoms with Gasteiger partial charge in [-0.3, -0.25) is 9.59 Å². The minimum atomic E-state index is -0.0267. The standard InChI is InChI=1S/C18H26N2O3/c1-12(2)20(13(3)4)17(21)11-23-16-9-7-15(8-10-16)19-18(22)14-5-6-14/h7-10,12-14H,5-6,11H2,1-4H3,(H,19,22). The summed E-state index contributed by atoms with van der Waals surface area (Å²) in [5.41, 5.74) is 0.756. The Bertz CT molecular complexity index is 540. The molecule has 2 amide bonds. The van der Waals surface area contributed by atoms with Crippen LogP contribution in [-0.2, 0) is 9.59 Å². The van der Waals surface area contributed by atoms with Gasteiger partial charge in [-0.1, -0.05) is 0 Å². The predicted octanol–water partition coefficient (Wildman–Crippen LogP) is 3.06.